The van der Waals surface area contributed by atoms with Gasteiger partial charge in [-0.3, -0.25) is 14.5 Å². The molecule has 2 unspecified atom stereocenters. The normalized spacial score (nSPS) is 20.8. The van der Waals surface area contributed by atoms with Crippen molar-refractivity contribution in [1.82, 2.24) is 4.90 Å². The molecule has 0 bridgehead atoms. The van der Waals surface area contributed by atoms with E-state index >= 15 is 0 Å². The van der Waals surface area contributed by atoms with Crippen LogP contribution in [0.4, 0.5) is 10.1 Å². The Morgan fingerprint density at radius 2 is 2.21 bits per heavy atom. The standard InChI is InChI=1S/C14H17FN2O2/c1-3-9(2)17-13(18)8-12(14(17)19)16-11-6-4-5-10(15)7-11/h4-7,9,12,16H,3,8H2,1-2H3. The summed E-state index contributed by atoms with van der Waals surface area (Å²) in [6.07, 6.45) is 0.851. The molecule has 2 rings (SSSR count). The van der Waals surface area contributed by atoms with E-state index in [1.54, 1.807) is 12.1 Å². The van der Waals surface area contributed by atoms with E-state index < -0.39 is 6.04 Å². The first-order valence-corrected chi connectivity index (χ1v) is 6.41. The number of nitrogens with zero attached hydrogens (tertiary/aromatic N) is 1. The minimum absolute atomic E-state index is 0.0979. The fraction of sp³-hybridized carbons (Fsp3) is 0.429. The molecule has 2 amide bonds. The fourth-order valence-corrected chi connectivity index (χ4v) is 2.19. The monoisotopic (exact) mass is 264 g/mol. The summed E-state index contributed by atoms with van der Waals surface area (Å²) < 4.78 is 13.1. The zero-order valence-electron chi connectivity index (χ0n) is 11.0. The van der Waals surface area contributed by atoms with Crippen LogP contribution < -0.4 is 5.32 Å². The molecule has 1 saturated heterocycles. The van der Waals surface area contributed by atoms with Crippen molar-refractivity contribution in [3.63, 3.8) is 0 Å². The smallest absolute Gasteiger partial charge is 0.252 e. The van der Waals surface area contributed by atoms with Crippen molar-refractivity contribution in [3.8, 4) is 0 Å². The Morgan fingerprint density at radius 1 is 1.47 bits per heavy atom. The van der Waals surface area contributed by atoms with E-state index in [1.165, 1.54) is 17.0 Å². The predicted octanol–water partition coefficient (Wildman–Crippen LogP) is 2.16. The van der Waals surface area contributed by atoms with E-state index in [-0.39, 0.29) is 30.1 Å². The van der Waals surface area contributed by atoms with Crippen LogP contribution in [0.2, 0.25) is 0 Å². The second-order valence-corrected chi connectivity index (χ2v) is 4.77. The van der Waals surface area contributed by atoms with Gasteiger partial charge >= 0.3 is 0 Å². The highest BCUT2D eigenvalue weighted by Gasteiger charge is 2.40. The number of carbonyl (C=O) groups is 2. The largest absolute Gasteiger partial charge is 0.373 e. The van der Waals surface area contributed by atoms with Crippen LogP contribution in [0.15, 0.2) is 24.3 Å². The average Bonchev–Trinajstić information content (AvgIpc) is 2.64. The van der Waals surface area contributed by atoms with Crippen molar-refractivity contribution < 1.29 is 14.0 Å². The van der Waals surface area contributed by atoms with E-state index in [0.29, 0.717) is 5.69 Å². The van der Waals surface area contributed by atoms with Crippen LogP contribution in [0.5, 0.6) is 0 Å². The number of halogens is 1. The van der Waals surface area contributed by atoms with Gasteiger partial charge in [0.25, 0.3) is 5.91 Å². The minimum atomic E-state index is -0.594. The van der Waals surface area contributed by atoms with E-state index in [2.05, 4.69) is 5.32 Å². The Labute approximate surface area is 111 Å². The maximum absolute atomic E-state index is 13.1. The van der Waals surface area contributed by atoms with Gasteiger partial charge in [0.2, 0.25) is 5.91 Å². The van der Waals surface area contributed by atoms with Crippen LogP contribution in [0.25, 0.3) is 0 Å². The van der Waals surface area contributed by atoms with Gasteiger partial charge in [-0.05, 0) is 31.5 Å². The molecule has 1 heterocycles. The summed E-state index contributed by atoms with van der Waals surface area (Å²) in [5, 5.41) is 2.92. The summed E-state index contributed by atoms with van der Waals surface area (Å²) >= 11 is 0. The number of imide groups is 1. The molecule has 1 aromatic rings. The van der Waals surface area contributed by atoms with Crippen LogP contribution in [-0.2, 0) is 9.59 Å². The van der Waals surface area contributed by atoms with Gasteiger partial charge in [-0.1, -0.05) is 13.0 Å². The van der Waals surface area contributed by atoms with Crippen LogP contribution >= 0.6 is 0 Å². The third kappa shape index (κ3) is 2.75. The Morgan fingerprint density at radius 3 is 2.84 bits per heavy atom. The first kappa shape index (κ1) is 13.5. The quantitative estimate of drug-likeness (QED) is 0.848. The Balaban J connectivity index is 2.11. The lowest BCUT2D eigenvalue weighted by molar-refractivity contribution is -0.140. The number of nitrogens with one attached hydrogen (secondary N) is 1. The first-order valence-electron chi connectivity index (χ1n) is 6.41. The molecule has 0 saturated carbocycles. The second kappa shape index (κ2) is 5.38. The van der Waals surface area contributed by atoms with Gasteiger partial charge in [0.1, 0.15) is 11.9 Å². The topological polar surface area (TPSA) is 49.4 Å². The van der Waals surface area contributed by atoms with Crippen LogP contribution in [0.3, 0.4) is 0 Å². The molecule has 1 aromatic carbocycles. The number of carbonyl (C=O) groups excluding carboxylic acids is 2. The highest BCUT2D eigenvalue weighted by atomic mass is 19.1. The minimum Gasteiger partial charge on any atom is -0.373 e. The molecule has 2 atom stereocenters. The average molecular weight is 264 g/mol. The molecule has 1 fully saturated rings. The van der Waals surface area contributed by atoms with Gasteiger partial charge in [0.15, 0.2) is 0 Å². The van der Waals surface area contributed by atoms with Crippen molar-refractivity contribution in [2.24, 2.45) is 0 Å². The van der Waals surface area contributed by atoms with E-state index in [1.807, 2.05) is 13.8 Å². The number of rotatable bonds is 4. The van der Waals surface area contributed by atoms with Crippen molar-refractivity contribution in [2.75, 3.05) is 5.32 Å². The summed E-state index contributed by atoms with van der Waals surface area (Å²) in [5.41, 5.74) is 0.511. The number of hydrogen-bond acceptors (Lipinski definition) is 3. The number of anilines is 1. The molecule has 0 aromatic heterocycles. The van der Waals surface area contributed by atoms with Gasteiger partial charge in [-0.25, -0.2) is 4.39 Å². The third-order valence-electron chi connectivity index (χ3n) is 3.38. The van der Waals surface area contributed by atoms with Crippen LogP contribution in [0, 0.1) is 5.82 Å². The molecule has 5 heteroatoms. The molecular weight excluding hydrogens is 247 g/mol. The van der Waals surface area contributed by atoms with Crippen molar-refractivity contribution in [2.45, 2.75) is 38.8 Å². The highest BCUT2D eigenvalue weighted by molar-refractivity contribution is 6.07. The molecule has 19 heavy (non-hydrogen) atoms. The third-order valence-corrected chi connectivity index (χ3v) is 3.38. The lowest BCUT2D eigenvalue weighted by atomic mass is 10.2. The molecule has 0 aliphatic carbocycles. The van der Waals surface area contributed by atoms with Crippen molar-refractivity contribution >= 4 is 17.5 Å². The van der Waals surface area contributed by atoms with E-state index in [9.17, 15) is 14.0 Å². The number of likely N-dealkylation sites (tertiary alicyclic amines) is 1. The zero-order chi connectivity index (χ0) is 14.0. The number of benzene rings is 1. The summed E-state index contributed by atoms with van der Waals surface area (Å²) in [7, 11) is 0. The molecule has 1 N–H and O–H groups in total. The number of hydrogen-bond donors (Lipinski definition) is 1. The van der Waals surface area contributed by atoms with Gasteiger partial charge < -0.3 is 5.32 Å². The Kier molecular flexibility index (Phi) is 3.83. The van der Waals surface area contributed by atoms with Crippen LogP contribution in [-0.4, -0.2) is 28.8 Å². The van der Waals surface area contributed by atoms with Gasteiger partial charge in [0, 0.05) is 11.7 Å². The summed E-state index contributed by atoms with van der Waals surface area (Å²) in [5.74, 6) is -0.780. The van der Waals surface area contributed by atoms with Gasteiger partial charge in [-0.15, -0.1) is 0 Å². The molecule has 1 aliphatic heterocycles. The van der Waals surface area contributed by atoms with E-state index in [4.69, 9.17) is 0 Å². The molecule has 0 radical (unpaired) electrons. The van der Waals surface area contributed by atoms with Crippen molar-refractivity contribution in [1.29, 1.82) is 0 Å². The summed E-state index contributed by atoms with van der Waals surface area (Å²) in [4.78, 5) is 25.3. The maximum atomic E-state index is 13.1. The SMILES string of the molecule is CCC(C)N1C(=O)CC(Nc2cccc(F)c2)C1=O. The molecule has 102 valence electrons. The summed E-state index contributed by atoms with van der Waals surface area (Å²) in [6.45, 7) is 3.78. The molecule has 0 spiro atoms. The molecule has 4 nitrogen and oxygen atoms in total. The highest BCUT2D eigenvalue weighted by Crippen LogP contribution is 2.21. The maximum Gasteiger partial charge on any atom is 0.252 e. The first-order chi connectivity index (χ1) is 9.02. The van der Waals surface area contributed by atoms with Crippen LogP contribution in [0.1, 0.15) is 26.7 Å². The molecule has 1 aliphatic rings. The Bertz CT molecular complexity index is 504. The Hall–Kier alpha value is -1.91. The van der Waals surface area contributed by atoms with E-state index in [0.717, 1.165) is 6.42 Å². The van der Waals surface area contributed by atoms with Gasteiger partial charge in [-0.2, -0.15) is 0 Å². The predicted molar refractivity (Wildman–Crippen MR) is 70.0 cm³/mol. The number of amides is 2. The lowest BCUT2D eigenvalue weighted by Gasteiger charge is -2.21. The van der Waals surface area contributed by atoms with Gasteiger partial charge in [0.05, 0.1) is 6.42 Å². The second-order valence-electron chi connectivity index (χ2n) is 4.77. The summed E-state index contributed by atoms with van der Waals surface area (Å²) in [6, 6.07) is 5.18. The fourth-order valence-electron chi connectivity index (χ4n) is 2.19. The lowest BCUT2D eigenvalue weighted by Crippen LogP contribution is -2.40. The zero-order valence-corrected chi connectivity index (χ0v) is 11.0. The van der Waals surface area contributed by atoms with Crippen molar-refractivity contribution in [3.05, 3.63) is 30.1 Å². The molecular formula is C14H17FN2O2.